The van der Waals surface area contributed by atoms with Gasteiger partial charge in [-0.3, -0.25) is 9.59 Å². The minimum absolute atomic E-state index is 0.0294. The molecule has 0 N–H and O–H groups in total. The quantitative estimate of drug-likeness (QED) is 0.658. The fourth-order valence-electron chi connectivity index (χ4n) is 4.35. The lowest BCUT2D eigenvalue weighted by Crippen LogP contribution is -2.48. The van der Waals surface area contributed by atoms with Crippen molar-refractivity contribution in [2.24, 2.45) is 0 Å². The topological polar surface area (TPSA) is 59.1 Å². The number of aryl methyl sites for hydroxylation is 1. The van der Waals surface area contributed by atoms with Crippen LogP contribution in [-0.2, 0) is 20.7 Å². The van der Waals surface area contributed by atoms with E-state index in [4.69, 9.17) is 9.47 Å². The summed E-state index contributed by atoms with van der Waals surface area (Å²) in [5.41, 5.74) is 2.23. The van der Waals surface area contributed by atoms with Gasteiger partial charge >= 0.3 is 0 Å². The first-order chi connectivity index (χ1) is 15.0. The van der Waals surface area contributed by atoms with E-state index in [9.17, 15) is 9.59 Å². The highest BCUT2D eigenvalue weighted by atomic mass is 32.1. The van der Waals surface area contributed by atoms with Crippen molar-refractivity contribution >= 4 is 23.2 Å². The summed E-state index contributed by atoms with van der Waals surface area (Å²) < 4.78 is 11.8. The van der Waals surface area contributed by atoms with E-state index in [-0.39, 0.29) is 30.5 Å². The predicted molar refractivity (Wildman–Crippen MR) is 120 cm³/mol. The summed E-state index contributed by atoms with van der Waals surface area (Å²) in [6, 6.07) is 9.86. The number of para-hydroxylation sites is 1. The normalized spacial score (nSPS) is 20.4. The second-order valence-corrected chi connectivity index (χ2v) is 9.26. The maximum absolute atomic E-state index is 13.3. The summed E-state index contributed by atoms with van der Waals surface area (Å²) >= 11 is 1.73. The minimum atomic E-state index is -0.154. The molecule has 0 bridgehead atoms. The first-order valence-electron chi connectivity index (χ1n) is 10.9. The van der Waals surface area contributed by atoms with Crippen molar-refractivity contribution < 1.29 is 19.1 Å². The highest BCUT2D eigenvalue weighted by Crippen LogP contribution is 2.34. The van der Waals surface area contributed by atoms with Gasteiger partial charge < -0.3 is 19.3 Å². The fraction of sp³-hybridized carbons (Fsp3) is 0.500. The summed E-state index contributed by atoms with van der Waals surface area (Å²) in [6.07, 6.45) is 2.82. The van der Waals surface area contributed by atoms with E-state index in [1.54, 1.807) is 16.2 Å². The van der Waals surface area contributed by atoms with Crippen LogP contribution in [0.4, 0.5) is 0 Å². The number of thiophene rings is 1. The summed E-state index contributed by atoms with van der Waals surface area (Å²) in [5.74, 6) is 0.703. The SMILES string of the molecule is CC(=O)N(CC(=O)N1CCc2sccc2[C@@H]1COc1ccccc1C)C[C@@H]1CCCO1. The van der Waals surface area contributed by atoms with Crippen molar-refractivity contribution in [3.8, 4) is 5.75 Å². The Balaban J connectivity index is 1.48. The number of nitrogens with zero attached hydrogens (tertiary/aromatic N) is 2. The van der Waals surface area contributed by atoms with Gasteiger partial charge in [-0.05, 0) is 54.8 Å². The van der Waals surface area contributed by atoms with Crippen LogP contribution < -0.4 is 4.74 Å². The second-order valence-electron chi connectivity index (χ2n) is 8.26. The molecule has 7 heteroatoms. The second kappa shape index (κ2) is 9.83. The lowest BCUT2D eigenvalue weighted by Gasteiger charge is -2.37. The highest BCUT2D eigenvalue weighted by molar-refractivity contribution is 7.10. The van der Waals surface area contributed by atoms with E-state index in [1.165, 1.54) is 11.8 Å². The lowest BCUT2D eigenvalue weighted by molar-refractivity contribution is -0.142. The average Bonchev–Trinajstić information content (AvgIpc) is 3.44. The maximum atomic E-state index is 13.3. The molecule has 0 radical (unpaired) electrons. The van der Waals surface area contributed by atoms with Crippen molar-refractivity contribution in [1.29, 1.82) is 0 Å². The maximum Gasteiger partial charge on any atom is 0.242 e. The fourth-order valence-corrected chi connectivity index (χ4v) is 5.28. The van der Waals surface area contributed by atoms with E-state index in [2.05, 4.69) is 11.4 Å². The van der Waals surface area contributed by atoms with E-state index in [1.807, 2.05) is 36.1 Å². The number of benzene rings is 1. The molecular formula is C24H30N2O4S. The zero-order valence-electron chi connectivity index (χ0n) is 18.2. The highest BCUT2D eigenvalue weighted by Gasteiger charge is 2.34. The molecule has 1 aromatic heterocycles. The van der Waals surface area contributed by atoms with E-state index >= 15 is 0 Å². The van der Waals surface area contributed by atoms with Gasteiger partial charge in [0.15, 0.2) is 0 Å². The molecule has 4 rings (SSSR count). The number of hydrogen-bond acceptors (Lipinski definition) is 5. The zero-order valence-corrected chi connectivity index (χ0v) is 19.0. The molecule has 31 heavy (non-hydrogen) atoms. The molecule has 2 aliphatic rings. The Morgan fingerprint density at radius 3 is 2.87 bits per heavy atom. The number of hydrogen-bond donors (Lipinski definition) is 0. The third-order valence-electron chi connectivity index (χ3n) is 6.12. The molecule has 166 valence electrons. The number of carbonyl (C=O) groups is 2. The van der Waals surface area contributed by atoms with Crippen molar-refractivity contribution in [3.05, 3.63) is 51.7 Å². The van der Waals surface area contributed by atoms with Gasteiger partial charge in [-0.15, -0.1) is 11.3 Å². The monoisotopic (exact) mass is 442 g/mol. The van der Waals surface area contributed by atoms with Crippen molar-refractivity contribution in [2.75, 3.05) is 32.8 Å². The van der Waals surface area contributed by atoms with Gasteiger partial charge in [-0.2, -0.15) is 0 Å². The minimum Gasteiger partial charge on any atom is -0.491 e. The number of amides is 2. The number of ether oxygens (including phenoxy) is 2. The van der Waals surface area contributed by atoms with Crippen molar-refractivity contribution in [2.45, 2.75) is 45.3 Å². The van der Waals surface area contributed by atoms with E-state index in [0.29, 0.717) is 19.7 Å². The van der Waals surface area contributed by atoms with Crippen LogP contribution in [0.1, 0.15) is 41.8 Å². The molecular weight excluding hydrogens is 412 g/mol. The summed E-state index contributed by atoms with van der Waals surface area (Å²) in [4.78, 5) is 30.4. The Labute approximate surface area is 187 Å². The van der Waals surface area contributed by atoms with Crippen LogP contribution >= 0.6 is 11.3 Å². The standard InChI is InChI=1S/C24H30N2O4S/c1-17-6-3-4-8-22(17)30-16-21-20-10-13-31-23(20)9-11-26(21)24(28)15-25(18(2)27)14-19-7-5-12-29-19/h3-4,6,8,10,13,19,21H,5,7,9,11-12,14-16H2,1-2H3/t19-,21-/m0/s1. The molecule has 2 atom stereocenters. The van der Waals surface area contributed by atoms with Gasteiger partial charge in [0.25, 0.3) is 0 Å². The van der Waals surface area contributed by atoms with Crippen LogP contribution in [0.15, 0.2) is 35.7 Å². The van der Waals surface area contributed by atoms with Gasteiger partial charge in [-0.25, -0.2) is 0 Å². The Morgan fingerprint density at radius 2 is 2.13 bits per heavy atom. The van der Waals surface area contributed by atoms with Crippen LogP contribution in [0.3, 0.4) is 0 Å². The van der Waals surface area contributed by atoms with Crippen LogP contribution in [0.2, 0.25) is 0 Å². The first kappa shape index (κ1) is 21.8. The predicted octanol–water partition coefficient (Wildman–Crippen LogP) is 3.59. The molecule has 0 unspecified atom stereocenters. The number of fused-ring (bicyclic) bond motifs is 1. The average molecular weight is 443 g/mol. The summed E-state index contributed by atoms with van der Waals surface area (Å²) in [6.45, 7) is 5.86. The van der Waals surface area contributed by atoms with Gasteiger partial charge in [0, 0.05) is 31.5 Å². The molecule has 1 aromatic carbocycles. The Hall–Kier alpha value is -2.38. The van der Waals surface area contributed by atoms with Gasteiger partial charge in [0.2, 0.25) is 11.8 Å². The van der Waals surface area contributed by atoms with Gasteiger partial charge in [0.1, 0.15) is 12.4 Å². The Kier molecular flexibility index (Phi) is 6.92. The zero-order chi connectivity index (χ0) is 21.8. The lowest BCUT2D eigenvalue weighted by atomic mass is 10.00. The third-order valence-corrected chi connectivity index (χ3v) is 7.12. The van der Waals surface area contributed by atoms with Gasteiger partial charge in [0.05, 0.1) is 18.7 Å². The largest absolute Gasteiger partial charge is 0.491 e. The smallest absolute Gasteiger partial charge is 0.242 e. The van der Waals surface area contributed by atoms with Crippen LogP contribution in [-0.4, -0.2) is 60.6 Å². The van der Waals surface area contributed by atoms with Crippen molar-refractivity contribution in [3.63, 3.8) is 0 Å². The molecule has 1 fully saturated rings. The van der Waals surface area contributed by atoms with Crippen molar-refractivity contribution in [1.82, 2.24) is 9.80 Å². The molecule has 2 aliphatic heterocycles. The molecule has 2 aromatic rings. The van der Waals surface area contributed by atoms with Crippen LogP contribution in [0, 0.1) is 6.92 Å². The molecule has 0 aliphatic carbocycles. The Bertz CT molecular complexity index is 922. The van der Waals surface area contributed by atoms with Crippen LogP contribution in [0.5, 0.6) is 5.75 Å². The molecule has 0 spiro atoms. The molecule has 6 nitrogen and oxygen atoms in total. The Morgan fingerprint density at radius 1 is 1.29 bits per heavy atom. The molecule has 3 heterocycles. The molecule has 2 amide bonds. The number of carbonyl (C=O) groups excluding carboxylic acids is 2. The molecule has 1 saturated heterocycles. The molecule has 0 saturated carbocycles. The summed E-state index contributed by atoms with van der Waals surface area (Å²) in [5, 5.41) is 2.08. The number of rotatable bonds is 7. The first-order valence-corrected chi connectivity index (χ1v) is 11.8. The van der Waals surface area contributed by atoms with Crippen LogP contribution in [0.25, 0.3) is 0 Å². The van der Waals surface area contributed by atoms with E-state index < -0.39 is 0 Å². The third kappa shape index (κ3) is 5.10. The van der Waals surface area contributed by atoms with E-state index in [0.717, 1.165) is 42.7 Å². The van der Waals surface area contributed by atoms with Gasteiger partial charge in [-0.1, -0.05) is 18.2 Å². The summed E-state index contributed by atoms with van der Waals surface area (Å²) in [7, 11) is 0.